The van der Waals surface area contributed by atoms with Gasteiger partial charge in [-0.15, -0.1) is 0 Å². The van der Waals surface area contributed by atoms with Gasteiger partial charge in [0, 0.05) is 6.07 Å². The molecule has 72 valence electrons. The van der Waals surface area contributed by atoms with Gasteiger partial charge in [-0.05, 0) is 12.1 Å². The molecule has 1 aromatic rings. The Labute approximate surface area is 78.2 Å². The lowest BCUT2D eigenvalue weighted by molar-refractivity contribution is 0.493. The van der Waals surface area contributed by atoms with Crippen molar-refractivity contribution in [1.82, 2.24) is 0 Å². The van der Waals surface area contributed by atoms with Crippen LogP contribution in [0.15, 0.2) is 23.1 Å². The van der Waals surface area contributed by atoms with E-state index in [-0.39, 0.29) is 0 Å². The van der Waals surface area contributed by atoms with Crippen molar-refractivity contribution in [3.8, 4) is 0 Å². The van der Waals surface area contributed by atoms with Gasteiger partial charge < -0.3 is 0 Å². The highest BCUT2D eigenvalue weighted by Crippen LogP contribution is 2.18. The van der Waals surface area contributed by atoms with E-state index in [1.54, 1.807) is 0 Å². The standard InChI is InChI=1S/C6H3ClF2O3S/c7-12-13(10,11)6-2-1-4(8)3-5(6)9/h1-3H. The summed E-state index contributed by atoms with van der Waals surface area (Å²) in [4.78, 5) is -0.802. The van der Waals surface area contributed by atoms with Crippen LogP contribution >= 0.6 is 11.9 Å². The second-order valence-corrected chi connectivity index (χ2v) is 3.94. The topological polar surface area (TPSA) is 43.4 Å². The predicted molar refractivity (Wildman–Crippen MR) is 40.5 cm³/mol. The van der Waals surface area contributed by atoms with E-state index in [9.17, 15) is 17.2 Å². The third-order valence-electron chi connectivity index (χ3n) is 1.25. The third-order valence-corrected chi connectivity index (χ3v) is 2.78. The molecule has 0 radical (unpaired) electrons. The predicted octanol–water partition coefficient (Wildman–Crippen LogP) is 1.82. The molecule has 0 spiro atoms. The van der Waals surface area contributed by atoms with E-state index in [1.165, 1.54) is 0 Å². The van der Waals surface area contributed by atoms with Gasteiger partial charge >= 0.3 is 10.1 Å². The van der Waals surface area contributed by atoms with Gasteiger partial charge in [-0.25, -0.2) is 8.78 Å². The molecular formula is C6H3ClF2O3S. The SMILES string of the molecule is O=S(=O)(OCl)c1ccc(F)cc1F. The van der Waals surface area contributed by atoms with Crippen LogP contribution < -0.4 is 0 Å². The molecule has 7 heteroatoms. The molecule has 1 aromatic carbocycles. The van der Waals surface area contributed by atoms with E-state index in [4.69, 9.17) is 0 Å². The fourth-order valence-electron chi connectivity index (χ4n) is 0.712. The van der Waals surface area contributed by atoms with Crippen LogP contribution in [0.5, 0.6) is 0 Å². The first-order valence-corrected chi connectivity index (χ1v) is 4.69. The summed E-state index contributed by atoms with van der Waals surface area (Å²) < 4.78 is 50.3. The highest BCUT2D eigenvalue weighted by atomic mass is 35.5. The van der Waals surface area contributed by atoms with E-state index < -0.39 is 26.6 Å². The fourth-order valence-corrected chi connectivity index (χ4v) is 1.52. The molecule has 0 heterocycles. The minimum absolute atomic E-state index is 0.419. The monoisotopic (exact) mass is 228 g/mol. The van der Waals surface area contributed by atoms with Crippen molar-refractivity contribution in [2.75, 3.05) is 0 Å². The van der Waals surface area contributed by atoms with Crippen molar-refractivity contribution in [3.05, 3.63) is 29.8 Å². The Morgan fingerprint density at radius 3 is 2.38 bits per heavy atom. The zero-order valence-corrected chi connectivity index (χ0v) is 7.57. The number of hydrogen-bond donors (Lipinski definition) is 0. The van der Waals surface area contributed by atoms with E-state index in [0.29, 0.717) is 6.07 Å². The lowest BCUT2D eigenvalue weighted by atomic mass is 10.3. The summed E-state index contributed by atoms with van der Waals surface area (Å²) in [6, 6.07) is 1.93. The van der Waals surface area contributed by atoms with Crippen molar-refractivity contribution in [2.45, 2.75) is 4.90 Å². The average molecular weight is 229 g/mol. The minimum atomic E-state index is -4.32. The molecule has 3 nitrogen and oxygen atoms in total. The summed E-state index contributed by atoms with van der Waals surface area (Å²) in [5.74, 6) is -2.13. The minimum Gasteiger partial charge on any atom is -0.207 e. The van der Waals surface area contributed by atoms with E-state index in [2.05, 4.69) is 15.6 Å². The first kappa shape index (κ1) is 10.4. The van der Waals surface area contributed by atoms with Gasteiger partial charge in [0.2, 0.25) is 0 Å². The summed E-state index contributed by atoms with van der Waals surface area (Å²) >= 11 is 4.59. The number of halogens is 3. The van der Waals surface area contributed by atoms with Crippen molar-refractivity contribution >= 4 is 22.0 Å². The Kier molecular flexibility index (Phi) is 2.84. The molecule has 0 aromatic heterocycles. The van der Waals surface area contributed by atoms with Crippen LogP contribution in [-0.2, 0) is 13.9 Å². The van der Waals surface area contributed by atoms with Gasteiger partial charge in [-0.2, -0.15) is 12.2 Å². The molecule has 0 aliphatic heterocycles. The van der Waals surface area contributed by atoms with Crippen LogP contribution in [-0.4, -0.2) is 8.42 Å². The summed E-state index contributed by atoms with van der Waals surface area (Å²) in [7, 11) is -4.32. The van der Waals surface area contributed by atoms with Crippen molar-refractivity contribution in [1.29, 1.82) is 0 Å². The number of hydrogen-bond acceptors (Lipinski definition) is 3. The summed E-state index contributed by atoms with van der Waals surface area (Å²) in [6.45, 7) is 0. The number of rotatable bonds is 2. The highest BCUT2D eigenvalue weighted by molar-refractivity contribution is 7.87. The summed E-state index contributed by atoms with van der Waals surface area (Å²) in [6.07, 6.45) is 0. The quantitative estimate of drug-likeness (QED) is 0.776. The van der Waals surface area contributed by atoms with Crippen LogP contribution in [0.3, 0.4) is 0 Å². The lowest BCUT2D eigenvalue weighted by Crippen LogP contribution is -2.03. The Balaban J connectivity index is 3.33. The third kappa shape index (κ3) is 2.15. The van der Waals surface area contributed by atoms with E-state index in [1.807, 2.05) is 0 Å². The average Bonchev–Trinajstić information content (AvgIpc) is 2.03. The summed E-state index contributed by atoms with van der Waals surface area (Å²) in [5, 5.41) is 0. The van der Waals surface area contributed by atoms with Crippen LogP contribution in [0.4, 0.5) is 8.78 Å². The maximum atomic E-state index is 12.8. The molecule has 1 rings (SSSR count). The highest BCUT2D eigenvalue weighted by Gasteiger charge is 2.19. The van der Waals surface area contributed by atoms with Crippen molar-refractivity contribution in [3.63, 3.8) is 0 Å². The molecule has 0 bridgehead atoms. The molecule has 0 amide bonds. The Morgan fingerprint density at radius 2 is 1.92 bits per heavy atom. The molecular weight excluding hydrogens is 226 g/mol. The zero-order chi connectivity index (χ0) is 10.1. The normalized spacial score (nSPS) is 11.6. The van der Waals surface area contributed by atoms with Gasteiger partial charge in [0.15, 0.2) is 0 Å². The molecule has 0 fully saturated rings. The Hall–Kier alpha value is -0.720. The van der Waals surface area contributed by atoms with E-state index in [0.717, 1.165) is 12.1 Å². The molecule has 0 unspecified atom stereocenters. The molecule has 0 saturated heterocycles. The maximum absolute atomic E-state index is 12.8. The molecule has 0 aliphatic carbocycles. The van der Waals surface area contributed by atoms with Gasteiger partial charge in [0.1, 0.15) is 16.5 Å². The second-order valence-electron chi connectivity index (χ2n) is 2.09. The van der Waals surface area contributed by atoms with Gasteiger partial charge in [-0.1, -0.05) is 0 Å². The zero-order valence-electron chi connectivity index (χ0n) is 6.00. The second kappa shape index (κ2) is 3.57. The largest absolute Gasteiger partial charge is 0.315 e. The molecule has 0 saturated carbocycles. The molecule has 0 N–H and O–H groups in total. The summed E-state index contributed by atoms with van der Waals surface area (Å²) in [5.41, 5.74) is 0. The Bertz CT molecular complexity index is 418. The van der Waals surface area contributed by atoms with Gasteiger partial charge in [0.25, 0.3) is 0 Å². The lowest BCUT2D eigenvalue weighted by Gasteiger charge is -1.99. The van der Waals surface area contributed by atoms with Crippen molar-refractivity contribution < 1.29 is 20.9 Å². The smallest absolute Gasteiger partial charge is 0.207 e. The van der Waals surface area contributed by atoms with Crippen LogP contribution in [0, 0.1) is 11.6 Å². The van der Waals surface area contributed by atoms with Gasteiger partial charge in [-0.3, -0.25) is 0 Å². The number of benzene rings is 1. The first-order valence-electron chi connectivity index (χ1n) is 2.97. The van der Waals surface area contributed by atoms with Crippen molar-refractivity contribution in [2.24, 2.45) is 0 Å². The van der Waals surface area contributed by atoms with Crippen LogP contribution in [0.25, 0.3) is 0 Å². The van der Waals surface area contributed by atoms with E-state index >= 15 is 0 Å². The van der Waals surface area contributed by atoms with Gasteiger partial charge in [0.05, 0.1) is 11.9 Å². The Morgan fingerprint density at radius 1 is 1.31 bits per heavy atom. The fraction of sp³-hybridized carbons (Fsp3) is 0. The first-order chi connectivity index (χ1) is 5.97. The molecule has 0 atom stereocenters. The maximum Gasteiger partial charge on any atom is 0.315 e. The van der Waals surface area contributed by atoms with Crippen LogP contribution in [0.1, 0.15) is 0 Å². The molecule has 0 aliphatic rings. The molecule has 13 heavy (non-hydrogen) atoms. The van der Waals surface area contributed by atoms with Crippen LogP contribution in [0.2, 0.25) is 0 Å².